The highest BCUT2D eigenvalue weighted by Crippen LogP contribution is 2.38. The van der Waals surface area contributed by atoms with Crippen molar-refractivity contribution in [2.75, 3.05) is 13.1 Å². The number of likely N-dealkylation sites (tertiary alicyclic amines) is 1. The maximum atomic E-state index is 13.1. The number of nitrogens with zero attached hydrogens (tertiary/aromatic N) is 3. The Morgan fingerprint density at radius 3 is 2.25 bits per heavy atom. The van der Waals surface area contributed by atoms with Gasteiger partial charge in [-0.25, -0.2) is 8.42 Å². The largest absolute Gasteiger partial charge is 0.276 e. The number of benzene rings is 1. The lowest BCUT2D eigenvalue weighted by Gasteiger charge is -2.42. The molecule has 28 heavy (non-hydrogen) atoms. The minimum Gasteiger partial charge on any atom is -0.276 e. The van der Waals surface area contributed by atoms with Gasteiger partial charge in [0.15, 0.2) is 0 Å². The summed E-state index contributed by atoms with van der Waals surface area (Å²) < 4.78 is 27.5. The quantitative estimate of drug-likeness (QED) is 0.579. The van der Waals surface area contributed by atoms with E-state index in [2.05, 4.69) is 4.98 Å². The summed E-state index contributed by atoms with van der Waals surface area (Å²) in [6.45, 7) is 0.270. The minimum absolute atomic E-state index is 0.135. The van der Waals surface area contributed by atoms with Crippen LogP contribution in [0.3, 0.4) is 0 Å². The molecule has 2 atom stereocenters. The molecule has 2 aromatic rings. The summed E-state index contributed by atoms with van der Waals surface area (Å²) in [5.41, 5.74) is 0.430. The van der Waals surface area contributed by atoms with Gasteiger partial charge >= 0.3 is 0 Å². The van der Waals surface area contributed by atoms with Crippen LogP contribution in [-0.4, -0.2) is 53.6 Å². The number of fused-ring (bicyclic) bond motifs is 2. The monoisotopic (exact) mass is 397 g/mol. The molecule has 0 bridgehead atoms. The number of rotatable bonds is 3. The van der Waals surface area contributed by atoms with Crippen molar-refractivity contribution in [3.63, 3.8) is 0 Å². The smallest absolute Gasteiger partial charge is 0.245 e. The molecule has 1 aliphatic carbocycles. The summed E-state index contributed by atoms with van der Waals surface area (Å²) in [4.78, 5) is 31.1. The van der Waals surface area contributed by atoms with Crippen LogP contribution in [0.25, 0.3) is 10.9 Å². The van der Waals surface area contributed by atoms with Gasteiger partial charge < -0.3 is 0 Å². The Kier molecular flexibility index (Phi) is 3.89. The summed E-state index contributed by atoms with van der Waals surface area (Å²) in [6.07, 6.45) is 6.63. The van der Waals surface area contributed by atoms with Crippen molar-refractivity contribution in [1.29, 1.82) is 0 Å². The second-order valence-corrected chi connectivity index (χ2v) is 9.42. The summed E-state index contributed by atoms with van der Waals surface area (Å²) >= 11 is 0. The van der Waals surface area contributed by atoms with Crippen molar-refractivity contribution in [1.82, 2.24) is 14.2 Å². The fourth-order valence-electron chi connectivity index (χ4n) is 4.39. The Labute approximate surface area is 162 Å². The molecule has 2 fully saturated rings. The van der Waals surface area contributed by atoms with Crippen LogP contribution in [0.2, 0.25) is 0 Å². The summed E-state index contributed by atoms with van der Waals surface area (Å²) in [5, 5.41) is 0.752. The van der Waals surface area contributed by atoms with Gasteiger partial charge in [0.25, 0.3) is 0 Å². The first kappa shape index (κ1) is 17.5. The van der Waals surface area contributed by atoms with E-state index >= 15 is 0 Å². The van der Waals surface area contributed by atoms with Crippen molar-refractivity contribution in [3.05, 3.63) is 48.7 Å². The van der Waals surface area contributed by atoms with Crippen LogP contribution in [0.1, 0.15) is 12.8 Å². The number of amides is 2. The molecule has 2 amide bonds. The van der Waals surface area contributed by atoms with E-state index in [4.69, 9.17) is 0 Å². The highest BCUT2D eigenvalue weighted by molar-refractivity contribution is 7.89. The lowest BCUT2D eigenvalue weighted by atomic mass is 9.85. The van der Waals surface area contributed by atoms with Gasteiger partial charge in [0.2, 0.25) is 21.8 Å². The third-order valence-electron chi connectivity index (χ3n) is 5.95. The topological polar surface area (TPSA) is 87.7 Å². The van der Waals surface area contributed by atoms with E-state index < -0.39 is 10.0 Å². The Morgan fingerprint density at radius 1 is 0.929 bits per heavy atom. The van der Waals surface area contributed by atoms with E-state index in [0.717, 1.165) is 5.39 Å². The molecule has 3 aliphatic rings. The van der Waals surface area contributed by atoms with E-state index in [-0.39, 0.29) is 47.7 Å². The van der Waals surface area contributed by atoms with Crippen molar-refractivity contribution in [2.45, 2.75) is 23.8 Å². The third-order valence-corrected chi connectivity index (χ3v) is 7.81. The molecular weight excluding hydrogens is 378 g/mol. The second kappa shape index (κ2) is 6.22. The number of carbonyl (C=O) groups excluding carboxylic acids is 2. The number of sulfonamides is 1. The maximum absolute atomic E-state index is 13.1. The van der Waals surface area contributed by atoms with Gasteiger partial charge in [-0.3, -0.25) is 19.5 Å². The highest BCUT2D eigenvalue weighted by Gasteiger charge is 2.53. The molecule has 0 N–H and O–H groups in total. The standard InChI is InChI=1S/C20H19N3O4S/c24-19-15-7-1-2-8-16(15)20(25)23(19)14-11-22(12-14)28(26,27)17-9-3-5-13-6-4-10-21-18(13)17/h1-6,9-10,14-16H,7-8,11-12H2. The number of carbonyl (C=O) groups is 2. The van der Waals surface area contributed by atoms with Crippen LogP contribution in [0.4, 0.5) is 0 Å². The molecule has 0 saturated carbocycles. The van der Waals surface area contributed by atoms with Gasteiger partial charge in [-0.1, -0.05) is 30.4 Å². The predicted molar refractivity (Wildman–Crippen MR) is 101 cm³/mol. The number of para-hydroxylation sites is 1. The third kappa shape index (κ3) is 2.44. The molecule has 8 heteroatoms. The Balaban J connectivity index is 1.38. The molecular formula is C20H19N3O4S. The molecule has 7 nitrogen and oxygen atoms in total. The minimum atomic E-state index is -3.74. The number of hydrogen-bond acceptors (Lipinski definition) is 5. The number of allylic oxidation sites excluding steroid dienone is 2. The first-order valence-electron chi connectivity index (χ1n) is 9.34. The fourth-order valence-corrected chi connectivity index (χ4v) is 6.07. The number of imide groups is 1. The lowest BCUT2D eigenvalue weighted by Crippen LogP contribution is -2.62. The zero-order valence-corrected chi connectivity index (χ0v) is 15.9. The first-order valence-corrected chi connectivity index (χ1v) is 10.8. The van der Waals surface area contributed by atoms with Crippen LogP contribution < -0.4 is 0 Å². The summed E-state index contributed by atoms with van der Waals surface area (Å²) in [6, 6.07) is 8.25. The molecule has 2 aliphatic heterocycles. The summed E-state index contributed by atoms with van der Waals surface area (Å²) in [7, 11) is -3.74. The Hall–Kier alpha value is -2.58. The van der Waals surface area contributed by atoms with E-state index in [9.17, 15) is 18.0 Å². The molecule has 2 unspecified atom stereocenters. The van der Waals surface area contributed by atoms with E-state index in [1.165, 1.54) is 9.21 Å². The molecule has 1 aromatic heterocycles. The zero-order chi connectivity index (χ0) is 19.5. The number of aromatic nitrogens is 1. The molecule has 0 spiro atoms. The Morgan fingerprint density at radius 2 is 1.57 bits per heavy atom. The van der Waals surface area contributed by atoms with Gasteiger partial charge in [-0.15, -0.1) is 0 Å². The first-order chi connectivity index (χ1) is 13.5. The average Bonchev–Trinajstić information content (AvgIpc) is 2.92. The van der Waals surface area contributed by atoms with Crippen molar-refractivity contribution in [3.8, 4) is 0 Å². The van der Waals surface area contributed by atoms with Crippen molar-refractivity contribution in [2.24, 2.45) is 11.8 Å². The SMILES string of the molecule is O=C1C2CC=CCC2C(=O)N1C1CN(S(=O)(=O)c2cccc3cccnc23)C1. The van der Waals surface area contributed by atoms with Gasteiger partial charge in [-0.2, -0.15) is 4.31 Å². The van der Waals surface area contributed by atoms with Crippen LogP contribution in [0, 0.1) is 11.8 Å². The van der Waals surface area contributed by atoms with E-state index in [0.29, 0.717) is 18.4 Å². The molecule has 2 saturated heterocycles. The second-order valence-electron chi connectivity index (χ2n) is 7.51. The van der Waals surface area contributed by atoms with Gasteiger partial charge in [0.05, 0.1) is 23.4 Å². The molecule has 5 rings (SSSR count). The van der Waals surface area contributed by atoms with E-state index in [1.54, 1.807) is 24.4 Å². The molecule has 0 radical (unpaired) electrons. The number of hydrogen-bond donors (Lipinski definition) is 0. The van der Waals surface area contributed by atoms with Crippen LogP contribution >= 0.6 is 0 Å². The fraction of sp³-hybridized carbons (Fsp3) is 0.350. The maximum Gasteiger partial charge on any atom is 0.245 e. The van der Waals surface area contributed by atoms with Crippen molar-refractivity contribution >= 4 is 32.7 Å². The van der Waals surface area contributed by atoms with Gasteiger partial charge in [0, 0.05) is 24.7 Å². The summed E-state index contributed by atoms with van der Waals surface area (Å²) in [5.74, 6) is -0.891. The van der Waals surface area contributed by atoms with Gasteiger partial charge in [-0.05, 0) is 25.0 Å². The highest BCUT2D eigenvalue weighted by atomic mass is 32.2. The Bertz CT molecular complexity index is 1090. The van der Waals surface area contributed by atoms with E-state index in [1.807, 2.05) is 24.3 Å². The normalized spacial score (nSPS) is 25.9. The molecule has 3 heterocycles. The predicted octanol–water partition coefficient (Wildman–Crippen LogP) is 1.56. The lowest BCUT2D eigenvalue weighted by molar-refractivity contribution is -0.145. The van der Waals surface area contributed by atoms with Gasteiger partial charge in [0.1, 0.15) is 4.90 Å². The van der Waals surface area contributed by atoms with Crippen molar-refractivity contribution < 1.29 is 18.0 Å². The van der Waals surface area contributed by atoms with Crippen LogP contribution in [0.5, 0.6) is 0 Å². The zero-order valence-electron chi connectivity index (χ0n) is 15.1. The number of pyridine rings is 1. The molecule has 144 valence electrons. The van der Waals surface area contributed by atoms with Crippen LogP contribution in [-0.2, 0) is 19.6 Å². The average molecular weight is 397 g/mol. The van der Waals surface area contributed by atoms with Crippen LogP contribution in [0.15, 0.2) is 53.6 Å². The molecule has 1 aromatic carbocycles.